The van der Waals surface area contributed by atoms with Crippen LogP contribution in [0.15, 0.2) is 18.2 Å². The van der Waals surface area contributed by atoms with E-state index in [-0.39, 0.29) is 17.6 Å². The van der Waals surface area contributed by atoms with E-state index in [9.17, 15) is 4.39 Å². The molecule has 0 saturated carbocycles. The van der Waals surface area contributed by atoms with Crippen molar-refractivity contribution in [3.05, 3.63) is 41.3 Å². The molecule has 0 amide bonds. The number of halogens is 1. The molecule has 0 radical (unpaired) electrons. The lowest BCUT2D eigenvalue weighted by molar-refractivity contribution is 0.211. The summed E-state index contributed by atoms with van der Waals surface area (Å²) < 4.78 is 17.3. The summed E-state index contributed by atoms with van der Waals surface area (Å²) in [5, 5.41) is 20.9. The van der Waals surface area contributed by atoms with Gasteiger partial charge < -0.3 is 9.88 Å². The molecule has 1 aromatic carbocycles. The SMILES string of the molecule is CCc1nnc2n1CCN(CCC1Nc3c4ccc(F)cc4nc(=N)n3N1)C2. The van der Waals surface area contributed by atoms with Crippen LogP contribution in [0.1, 0.15) is 25.0 Å². The van der Waals surface area contributed by atoms with Crippen LogP contribution in [0.4, 0.5) is 10.2 Å². The molecule has 0 fully saturated rings. The van der Waals surface area contributed by atoms with Gasteiger partial charge in [-0.15, -0.1) is 10.2 Å². The third kappa shape index (κ3) is 2.80. The lowest BCUT2D eigenvalue weighted by Gasteiger charge is -2.28. The fourth-order valence-electron chi connectivity index (χ4n) is 3.98. The first-order valence-electron chi connectivity index (χ1n) is 9.55. The topological polar surface area (TPSA) is 99.7 Å². The zero-order valence-electron chi connectivity index (χ0n) is 15.6. The number of fused-ring (bicyclic) bond motifs is 4. The van der Waals surface area contributed by atoms with Gasteiger partial charge in [-0.3, -0.25) is 15.7 Å². The molecule has 3 aromatic rings. The molecule has 2 aliphatic heterocycles. The number of anilines is 1. The van der Waals surface area contributed by atoms with Crippen molar-refractivity contribution in [2.75, 3.05) is 23.8 Å². The molecule has 146 valence electrons. The molecule has 0 bridgehead atoms. The van der Waals surface area contributed by atoms with Gasteiger partial charge >= 0.3 is 0 Å². The normalized spacial score (nSPS) is 18.6. The minimum Gasteiger partial charge on any atom is -0.348 e. The molecule has 5 rings (SSSR count). The Morgan fingerprint density at radius 1 is 1.29 bits per heavy atom. The molecule has 3 N–H and O–H groups in total. The maximum Gasteiger partial charge on any atom is 0.243 e. The maximum absolute atomic E-state index is 13.5. The Morgan fingerprint density at radius 3 is 3.04 bits per heavy atom. The standard InChI is InChI=1S/C18H22FN9/c1-2-15-23-24-16-10-26(7-8-27(15)16)6-5-14-22-17-12-4-3-11(19)9-13(12)21-18(20)28(17)25-14/h3-4,9,14,20,22,25H,2,5-8,10H2,1H3. The van der Waals surface area contributed by atoms with E-state index in [4.69, 9.17) is 5.41 Å². The highest BCUT2D eigenvalue weighted by molar-refractivity contribution is 5.90. The Balaban J connectivity index is 1.28. The van der Waals surface area contributed by atoms with Crippen molar-refractivity contribution in [1.29, 1.82) is 5.41 Å². The molecule has 2 aromatic heterocycles. The predicted molar refractivity (Wildman–Crippen MR) is 102 cm³/mol. The lowest BCUT2D eigenvalue weighted by Crippen LogP contribution is -2.39. The van der Waals surface area contributed by atoms with E-state index in [2.05, 4.69) is 42.3 Å². The average Bonchev–Trinajstić information content (AvgIpc) is 3.30. The zero-order valence-corrected chi connectivity index (χ0v) is 15.6. The van der Waals surface area contributed by atoms with Crippen LogP contribution in [-0.2, 0) is 19.5 Å². The van der Waals surface area contributed by atoms with Gasteiger partial charge in [0.05, 0.1) is 12.1 Å². The Labute approximate surface area is 160 Å². The van der Waals surface area contributed by atoms with Gasteiger partial charge in [-0.1, -0.05) is 6.92 Å². The number of hydrogen-bond acceptors (Lipinski definition) is 7. The van der Waals surface area contributed by atoms with Gasteiger partial charge in [-0.2, -0.15) is 0 Å². The molecule has 2 aliphatic rings. The van der Waals surface area contributed by atoms with Crippen molar-refractivity contribution in [2.24, 2.45) is 0 Å². The molecule has 4 heterocycles. The van der Waals surface area contributed by atoms with Gasteiger partial charge in [0.15, 0.2) is 0 Å². The molecule has 28 heavy (non-hydrogen) atoms. The van der Waals surface area contributed by atoms with E-state index < -0.39 is 0 Å². The number of nitrogens with one attached hydrogen (secondary N) is 3. The summed E-state index contributed by atoms with van der Waals surface area (Å²) in [5.74, 6) is 2.49. The Morgan fingerprint density at radius 2 is 2.18 bits per heavy atom. The molecule has 0 aliphatic carbocycles. The summed E-state index contributed by atoms with van der Waals surface area (Å²) in [7, 11) is 0. The fourth-order valence-corrected chi connectivity index (χ4v) is 3.98. The Kier molecular flexibility index (Phi) is 4.00. The second-order valence-electron chi connectivity index (χ2n) is 7.21. The summed E-state index contributed by atoms with van der Waals surface area (Å²) in [6, 6.07) is 4.47. The summed E-state index contributed by atoms with van der Waals surface area (Å²) in [6.45, 7) is 5.68. The second-order valence-corrected chi connectivity index (χ2v) is 7.21. The monoisotopic (exact) mass is 383 g/mol. The number of aromatic nitrogens is 5. The minimum atomic E-state index is -0.351. The number of benzene rings is 1. The number of nitrogens with zero attached hydrogens (tertiary/aromatic N) is 6. The average molecular weight is 383 g/mol. The first-order valence-corrected chi connectivity index (χ1v) is 9.55. The molecule has 9 nitrogen and oxygen atoms in total. The third-order valence-corrected chi connectivity index (χ3v) is 5.43. The maximum atomic E-state index is 13.5. The van der Waals surface area contributed by atoms with Crippen molar-refractivity contribution < 1.29 is 4.39 Å². The summed E-state index contributed by atoms with van der Waals surface area (Å²) >= 11 is 0. The van der Waals surface area contributed by atoms with Crippen LogP contribution < -0.4 is 16.4 Å². The first kappa shape index (κ1) is 17.1. The minimum absolute atomic E-state index is 0.0208. The smallest absolute Gasteiger partial charge is 0.243 e. The van der Waals surface area contributed by atoms with E-state index in [1.807, 2.05) is 0 Å². The summed E-state index contributed by atoms with van der Waals surface area (Å²) in [4.78, 5) is 6.56. The Hall–Kier alpha value is -3.01. The largest absolute Gasteiger partial charge is 0.348 e. The van der Waals surface area contributed by atoms with Crippen molar-refractivity contribution in [3.63, 3.8) is 0 Å². The van der Waals surface area contributed by atoms with Gasteiger partial charge in [-0.05, 0) is 12.1 Å². The molecule has 10 heteroatoms. The van der Waals surface area contributed by atoms with E-state index >= 15 is 0 Å². The highest BCUT2D eigenvalue weighted by Gasteiger charge is 2.25. The van der Waals surface area contributed by atoms with E-state index in [1.54, 1.807) is 10.7 Å². The quantitative estimate of drug-likeness (QED) is 0.622. The molecule has 1 atom stereocenters. The lowest BCUT2D eigenvalue weighted by atomic mass is 10.2. The van der Waals surface area contributed by atoms with Gasteiger partial charge in [0.25, 0.3) is 0 Å². The third-order valence-electron chi connectivity index (χ3n) is 5.43. The number of aryl methyl sites for hydroxylation is 1. The van der Waals surface area contributed by atoms with Crippen molar-refractivity contribution in [1.82, 2.24) is 29.3 Å². The highest BCUT2D eigenvalue weighted by Crippen LogP contribution is 2.25. The van der Waals surface area contributed by atoms with Crippen LogP contribution in [-0.4, -0.2) is 48.6 Å². The van der Waals surface area contributed by atoms with Gasteiger partial charge in [-0.25, -0.2) is 14.1 Å². The number of rotatable bonds is 4. The van der Waals surface area contributed by atoms with Crippen LogP contribution in [0.25, 0.3) is 10.9 Å². The Bertz CT molecular complexity index is 1100. The van der Waals surface area contributed by atoms with E-state index in [0.29, 0.717) is 5.52 Å². The molecular weight excluding hydrogens is 361 g/mol. The van der Waals surface area contributed by atoms with E-state index in [1.165, 1.54) is 12.1 Å². The second kappa shape index (κ2) is 6.55. The van der Waals surface area contributed by atoms with Gasteiger partial charge in [0, 0.05) is 43.9 Å². The predicted octanol–water partition coefficient (Wildman–Crippen LogP) is 1.01. The molecule has 1 unspecified atom stereocenters. The molecule has 0 spiro atoms. The van der Waals surface area contributed by atoms with Crippen LogP contribution in [0.2, 0.25) is 0 Å². The highest BCUT2D eigenvalue weighted by atomic mass is 19.1. The van der Waals surface area contributed by atoms with Gasteiger partial charge in [0.1, 0.15) is 29.4 Å². The van der Waals surface area contributed by atoms with Crippen molar-refractivity contribution in [2.45, 2.75) is 39.0 Å². The number of hydrogen-bond donors (Lipinski definition) is 3. The van der Waals surface area contributed by atoms with Crippen molar-refractivity contribution >= 4 is 16.7 Å². The van der Waals surface area contributed by atoms with Crippen LogP contribution in [0, 0.1) is 11.2 Å². The first-order chi connectivity index (χ1) is 13.6. The molecule has 0 saturated heterocycles. The summed E-state index contributed by atoms with van der Waals surface area (Å²) in [5.41, 5.74) is 3.82. The van der Waals surface area contributed by atoms with Crippen LogP contribution >= 0.6 is 0 Å². The van der Waals surface area contributed by atoms with Gasteiger partial charge in [0.2, 0.25) is 5.62 Å². The zero-order chi connectivity index (χ0) is 19.3. The van der Waals surface area contributed by atoms with E-state index in [0.717, 1.165) is 61.9 Å². The van der Waals surface area contributed by atoms with Crippen LogP contribution in [0.5, 0.6) is 0 Å². The van der Waals surface area contributed by atoms with Crippen molar-refractivity contribution in [3.8, 4) is 0 Å². The molecular formula is C18H22FN9. The van der Waals surface area contributed by atoms with Crippen LogP contribution in [0.3, 0.4) is 0 Å². The fraction of sp³-hybridized carbons (Fsp3) is 0.444. The summed E-state index contributed by atoms with van der Waals surface area (Å²) in [6.07, 6.45) is 1.73.